The first kappa shape index (κ1) is 13.9. The van der Waals surface area contributed by atoms with Gasteiger partial charge in [0.1, 0.15) is 11.7 Å². The highest BCUT2D eigenvalue weighted by molar-refractivity contribution is 6.31. The molecule has 0 radical (unpaired) electrons. The molecule has 0 aromatic carbocycles. The van der Waals surface area contributed by atoms with E-state index in [4.69, 9.17) is 16.7 Å². The molecule has 2 rings (SSSR count). The van der Waals surface area contributed by atoms with Gasteiger partial charge in [0.05, 0.1) is 5.02 Å². The molecule has 0 saturated heterocycles. The molecule has 1 saturated carbocycles. The predicted molar refractivity (Wildman–Crippen MR) is 71.5 cm³/mol. The second-order valence-electron chi connectivity index (χ2n) is 4.83. The van der Waals surface area contributed by atoms with Crippen molar-refractivity contribution in [3.8, 4) is 0 Å². The fraction of sp³-hybridized carbons (Fsp3) is 0.538. The molecule has 19 heavy (non-hydrogen) atoms. The number of halogens is 1. The van der Waals surface area contributed by atoms with Crippen molar-refractivity contribution in [1.29, 1.82) is 0 Å². The summed E-state index contributed by atoms with van der Waals surface area (Å²) in [7, 11) is 0. The number of nitrogens with zero attached hydrogens (tertiary/aromatic N) is 1. The van der Waals surface area contributed by atoms with Crippen molar-refractivity contribution >= 4 is 23.5 Å². The number of carbonyl (C=O) groups is 2. The molecule has 5 nitrogen and oxygen atoms in total. The number of aliphatic carboxylic acids is 1. The Balaban J connectivity index is 2.12. The van der Waals surface area contributed by atoms with Crippen molar-refractivity contribution in [3.05, 3.63) is 23.0 Å². The quantitative estimate of drug-likeness (QED) is 0.843. The van der Waals surface area contributed by atoms with Gasteiger partial charge < -0.3 is 15.0 Å². The minimum atomic E-state index is -1.01. The summed E-state index contributed by atoms with van der Waals surface area (Å²) >= 11 is 5.92. The minimum absolute atomic E-state index is 0.322. The first-order valence-corrected chi connectivity index (χ1v) is 6.81. The molecule has 0 spiro atoms. The first-order valence-electron chi connectivity index (χ1n) is 6.44. The van der Waals surface area contributed by atoms with Crippen molar-refractivity contribution in [1.82, 2.24) is 9.88 Å². The maximum absolute atomic E-state index is 12.1. The van der Waals surface area contributed by atoms with E-state index in [1.807, 2.05) is 11.5 Å². The number of nitrogens with one attached hydrogen (secondary N) is 1. The van der Waals surface area contributed by atoms with Crippen LogP contribution in [0.1, 0.15) is 49.1 Å². The van der Waals surface area contributed by atoms with Gasteiger partial charge in [-0.15, -0.1) is 0 Å². The number of aromatic nitrogens is 1. The predicted octanol–water partition coefficient (Wildman–Crippen LogP) is 2.46. The molecule has 1 amide bonds. The van der Waals surface area contributed by atoms with E-state index in [0.717, 1.165) is 12.8 Å². The summed E-state index contributed by atoms with van der Waals surface area (Å²) in [6, 6.07) is 1.06. The van der Waals surface area contributed by atoms with Gasteiger partial charge in [0.25, 0.3) is 5.91 Å². The van der Waals surface area contributed by atoms with E-state index in [1.165, 1.54) is 0 Å². The Labute approximate surface area is 116 Å². The van der Waals surface area contributed by atoms with E-state index in [-0.39, 0.29) is 5.91 Å². The Hall–Kier alpha value is -1.49. The van der Waals surface area contributed by atoms with Crippen LogP contribution >= 0.6 is 11.6 Å². The van der Waals surface area contributed by atoms with Crippen molar-refractivity contribution in [2.45, 2.75) is 44.7 Å². The molecule has 1 aromatic heterocycles. The van der Waals surface area contributed by atoms with E-state index in [0.29, 0.717) is 29.6 Å². The van der Waals surface area contributed by atoms with Crippen LogP contribution in [0.15, 0.2) is 12.3 Å². The van der Waals surface area contributed by atoms with E-state index in [2.05, 4.69) is 5.32 Å². The normalized spacial score (nSPS) is 16.1. The number of rotatable bonds is 6. The maximum Gasteiger partial charge on any atom is 0.326 e. The summed E-state index contributed by atoms with van der Waals surface area (Å²) in [5, 5.41) is 12.1. The molecule has 6 heteroatoms. The van der Waals surface area contributed by atoms with Gasteiger partial charge >= 0.3 is 5.97 Å². The zero-order valence-electron chi connectivity index (χ0n) is 10.7. The van der Waals surface area contributed by atoms with Crippen LogP contribution in [0.3, 0.4) is 0 Å². The molecule has 0 bridgehead atoms. The molecule has 104 valence electrons. The first-order chi connectivity index (χ1) is 9.02. The molecule has 0 aliphatic heterocycles. The number of carbonyl (C=O) groups excluding carboxylic acids is 1. The monoisotopic (exact) mass is 284 g/mol. The Morgan fingerprint density at radius 1 is 1.58 bits per heavy atom. The summed E-state index contributed by atoms with van der Waals surface area (Å²) in [6.45, 7) is 1.88. The molecule has 1 aliphatic carbocycles. The van der Waals surface area contributed by atoms with Gasteiger partial charge in [0.2, 0.25) is 0 Å². The number of carboxylic acids is 1. The third-order valence-electron chi connectivity index (χ3n) is 3.17. The van der Waals surface area contributed by atoms with Crippen molar-refractivity contribution in [2.24, 2.45) is 0 Å². The largest absolute Gasteiger partial charge is 0.480 e. The Morgan fingerprint density at radius 2 is 2.26 bits per heavy atom. The Morgan fingerprint density at radius 3 is 2.79 bits per heavy atom. The molecule has 1 atom stereocenters. The summed E-state index contributed by atoms with van der Waals surface area (Å²) in [6.07, 6.45) is 4.90. The standard InChI is InChI=1S/C13H17ClN2O3/c1-2-3-10(13(18)19)15-12(17)11-6-8(14)7-16(11)9-4-5-9/h6-7,9-10H,2-5H2,1H3,(H,15,17)(H,18,19)/t10-/m0/s1. The van der Waals surface area contributed by atoms with Crippen LogP contribution in [-0.4, -0.2) is 27.6 Å². The summed E-state index contributed by atoms with van der Waals surface area (Å²) in [5.41, 5.74) is 0.440. The van der Waals surface area contributed by atoms with E-state index < -0.39 is 12.0 Å². The summed E-state index contributed by atoms with van der Waals surface area (Å²) in [5.74, 6) is -1.38. The summed E-state index contributed by atoms with van der Waals surface area (Å²) in [4.78, 5) is 23.2. The van der Waals surface area contributed by atoms with E-state index in [1.54, 1.807) is 12.3 Å². The van der Waals surface area contributed by atoms with Gasteiger partial charge in [0.15, 0.2) is 0 Å². The third kappa shape index (κ3) is 3.29. The highest BCUT2D eigenvalue weighted by Crippen LogP contribution is 2.37. The third-order valence-corrected chi connectivity index (χ3v) is 3.38. The van der Waals surface area contributed by atoms with Crippen LogP contribution in [0.4, 0.5) is 0 Å². The molecule has 0 unspecified atom stereocenters. The second kappa shape index (κ2) is 5.65. The summed E-state index contributed by atoms with van der Waals surface area (Å²) < 4.78 is 1.84. The van der Waals surface area contributed by atoms with Gasteiger partial charge in [-0.3, -0.25) is 4.79 Å². The topological polar surface area (TPSA) is 71.3 Å². The van der Waals surface area contributed by atoms with E-state index in [9.17, 15) is 9.59 Å². The molecular formula is C13H17ClN2O3. The van der Waals surface area contributed by atoms with Gasteiger partial charge in [-0.05, 0) is 25.3 Å². The fourth-order valence-corrected chi connectivity index (χ4v) is 2.27. The highest BCUT2D eigenvalue weighted by atomic mass is 35.5. The van der Waals surface area contributed by atoms with Crippen LogP contribution in [0.5, 0.6) is 0 Å². The average Bonchev–Trinajstić information content (AvgIpc) is 3.11. The van der Waals surface area contributed by atoms with Crippen molar-refractivity contribution < 1.29 is 14.7 Å². The molecule has 1 aliphatic rings. The SMILES string of the molecule is CCC[C@H](NC(=O)c1cc(Cl)cn1C1CC1)C(=O)O. The van der Waals surface area contributed by atoms with Crippen LogP contribution in [0.2, 0.25) is 5.02 Å². The Bertz CT molecular complexity index is 494. The molecular weight excluding hydrogens is 268 g/mol. The smallest absolute Gasteiger partial charge is 0.326 e. The lowest BCUT2D eigenvalue weighted by Gasteiger charge is -2.14. The number of amides is 1. The zero-order chi connectivity index (χ0) is 14.0. The molecule has 1 heterocycles. The highest BCUT2D eigenvalue weighted by Gasteiger charge is 2.29. The lowest BCUT2D eigenvalue weighted by Crippen LogP contribution is -2.41. The molecule has 1 aromatic rings. The van der Waals surface area contributed by atoms with Crippen LogP contribution in [0, 0.1) is 0 Å². The molecule has 1 fully saturated rings. The lowest BCUT2D eigenvalue weighted by molar-refractivity contribution is -0.139. The van der Waals surface area contributed by atoms with Gasteiger partial charge in [-0.2, -0.15) is 0 Å². The average molecular weight is 285 g/mol. The fourth-order valence-electron chi connectivity index (χ4n) is 2.06. The number of hydrogen-bond donors (Lipinski definition) is 2. The van der Waals surface area contributed by atoms with Crippen LogP contribution in [0.25, 0.3) is 0 Å². The second-order valence-corrected chi connectivity index (χ2v) is 5.27. The van der Waals surface area contributed by atoms with Crippen molar-refractivity contribution in [2.75, 3.05) is 0 Å². The Kier molecular flexibility index (Phi) is 4.14. The van der Waals surface area contributed by atoms with Crippen LogP contribution in [-0.2, 0) is 4.79 Å². The number of hydrogen-bond acceptors (Lipinski definition) is 2. The molecule has 2 N–H and O–H groups in total. The van der Waals surface area contributed by atoms with Crippen LogP contribution < -0.4 is 5.32 Å². The minimum Gasteiger partial charge on any atom is -0.480 e. The number of carboxylic acid groups (broad SMARTS) is 1. The lowest BCUT2D eigenvalue weighted by atomic mass is 10.1. The zero-order valence-corrected chi connectivity index (χ0v) is 11.5. The van der Waals surface area contributed by atoms with Gasteiger partial charge in [-0.1, -0.05) is 24.9 Å². The van der Waals surface area contributed by atoms with E-state index >= 15 is 0 Å². The van der Waals surface area contributed by atoms with Gasteiger partial charge in [-0.25, -0.2) is 4.79 Å². The van der Waals surface area contributed by atoms with Crippen molar-refractivity contribution in [3.63, 3.8) is 0 Å². The van der Waals surface area contributed by atoms with Gasteiger partial charge in [0, 0.05) is 12.2 Å². The maximum atomic E-state index is 12.1.